The van der Waals surface area contributed by atoms with Gasteiger partial charge in [0.15, 0.2) is 0 Å². The molecule has 0 bridgehead atoms. The molecule has 0 heterocycles. The van der Waals surface area contributed by atoms with Crippen molar-refractivity contribution in [3.63, 3.8) is 0 Å². The average Bonchev–Trinajstić information content (AvgIpc) is 2.34. The molecular weight excluding hydrogens is 291 g/mol. The fraction of sp³-hybridized carbons (Fsp3) is 0.333. The third kappa shape index (κ3) is 5.06. The van der Waals surface area contributed by atoms with Crippen molar-refractivity contribution >= 4 is 40.8 Å². The molecule has 1 amide bonds. The van der Waals surface area contributed by atoms with E-state index in [2.05, 4.69) is 10.1 Å². The van der Waals surface area contributed by atoms with Gasteiger partial charge in [0.2, 0.25) is 5.91 Å². The second-order valence-corrected chi connectivity index (χ2v) is 4.68. The minimum Gasteiger partial charge on any atom is -0.468 e. The van der Waals surface area contributed by atoms with Gasteiger partial charge < -0.3 is 10.1 Å². The molecule has 0 spiro atoms. The minimum absolute atomic E-state index is 0.0349. The molecule has 1 rings (SSSR count). The molecule has 0 unspecified atom stereocenters. The van der Waals surface area contributed by atoms with Crippen LogP contribution in [-0.2, 0) is 14.3 Å². The van der Waals surface area contributed by atoms with E-state index in [1.807, 2.05) is 0 Å². The number of esters is 1. The van der Waals surface area contributed by atoms with Gasteiger partial charge in [-0.2, -0.15) is 0 Å². The van der Waals surface area contributed by atoms with Crippen LogP contribution >= 0.6 is 23.2 Å². The molecule has 0 radical (unpaired) electrons. The Balaban J connectivity index is 2.56. The Morgan fingerprint density at radius 2 is 2.00 bits per heavy atom. The van der Waals surface area contributed by atoms with Gasteiger partial charge in [0.1, 0.15) is 0 Å². The molecule has 0 saturated heterocycles. The summed E-state index contributed by atoms with van der Waals surface area (Å²) in [7, 11) is 2.93. The van der Waals surface area contributed by atoms with E-state index in [1.165, 1.54) is 12.0 Å². The third-order valence-corrected chi connectivity index (χ3v) is 3.08. The van der Waals surface area contributed by atoms with Crippen molar-refractivity contribution in [2.24, 2.45) is 0 Å². The van der Waals surface area contributed by atoms with Crippen LogP contribution in [0, 0.1) is 0 Å². The summed E-state index contributed by atoms with van der Waals surface area (Å²) >= 11 is 11.8. The molecule has 7 heteroatoms. The Morgan fingerprint density at radius 3 is 2.63 bits per heavy atom. The normalized spacial score (nSPS) is 10.4. The number of nitrogens with zero attached hydrogens (tertiary/aromatic N) is 1. The van der Waals surface area contributed by atoms with Crippen LogP contribution < -0.4 is 5.32 Å². The van der Waals surface area contributed by atoms with Gasteiger partial charge in [0.25, 0.3) is 0 Å². The molecule has 0 aromatic heterocycles. The average molecular weight is 305 g/mol. The Hall–Kier alpha value is -1.30. The van der Waals surface area contributed by atoms with Crippen LogP contribution in [0.25, 0.3) is 0 Å². The third-order valence-electron chi connectivity index (χ3n) is 2.27. The van der Waals surface area contributed by atoms with Gasteiger partial charge in [-0.25, -0.2) is 0 Å². The second kappa shape index (κ2) is 7.33. The zero-order chi connectivity index (χ0) is 14.4. The van der Waals surface area contributed by atoms with Crippen LogP contribution in [0.15, 0.2) is 18.2 Å². The Morgan fingerprint density at radius 1 is 1.32 bits per heavy atom. The lowest BCUT2D eigenvalue weighted by molar-refractivity contribution is -0.141. The highest BCUT2D eigenvalue weighted by Crippen LogP contribution is 2.29. The number of hydrogen-bond donors (Lipinski definition) is 1. The smallest absolute Gasteiger partial charge is 0.319 e. The molecule has 0 aliphatic rings. The van der Waals surface area contributed by atoms with E-state index in [9.17, 15) is 9.59 Å². The number of nitrogens with one attached hydrogen (secondary N) is 1. The van der Waals surface area contributed by atoms with Crippen LogP contribution in [0.4, 0.5) is 5.69 Å². The monoisotopic (exact) mass is 304 g/mol. The first-order valence-electron chi connectivity index (χ1n) is 5.43. The summed E-state index contributed by atoms with van der Waals surface area (Å²) in [5, 5.41) is 3.27. The Labute approximate surface area is 121 Å². The van der Waals surface area contributed by atoms with E-state index in [0.717, 1.165) is 0 Å². The van der Waals surface area contributed by atoms with E-state index in [-0.39, 0.29) is 24.0 Å². The number of ether oxygens (including phenoxy) is 1. The van der Waals surface area contributed by atoms with E-state index < -0.39 is 5.97 Å². The largest absolute Gasteiger partial charge is 0.468 e. The number of carbonyl (C=O) groups is 2. The van der Waals surface area contributed by atoms with Crippen LogP contribution in [0.1, 0.15) is 0 Å². The molecule has 0 fully saturated rings. The van der Waals surface area contributed by atoms with Gasteiger partial charge in [0.05, 0.1) is 35.9 Å². The van der Waals surface area contributed by atoms with Crippen molar-refractivity contribution in [1.82, 2.24) is 4.90 Å². The van der Waals surface area contributed by atoms with Crippen molar-refractivity contribution in [2.45, 2.75) is 0 Å². The van der Waals surface area contributed by atoms with Crippen LogP contribution in [0.2, 0.25) is 10.0 Å². The summed E-state index contributed by atoms with van der Waals surface area (Å²) in [5.41, 5.74) is 0.436. The van der Waals surface area contributed by atoms with Gasteiger partial charge in [-0.05, 0) is 19.2 Å². The number of anilines is 1. The number of methoxy groups -OCH3 is 1. The molecule has 5 nitrogen and oxygen atoms in total. The lowest BCUT2D eigenvalue weighted by atomic mass is 10.3. The number of carbonyl (C=O) groups excluding carboxylic acids is 2. The fourth-order valence-electron chi connectivity index (χ4n) is 1.38. The SMILES string of the molecule is COC(=O)CN(C)CC(=O)Nc1cccc(Cl)c1Cl. The molecule has 1 aromatic rings. The fourth-order valence-corrected chi connectivity index (χ4v) is 1.72. The van der Waals surface area contributed by atoms with Crippen molar-refractivity contribution in [2.75, 3.05) is 32.6 Å². The first-order chi connectivity index (χ1) is 8.93. The maximum Gasteiger partial charge on any atom is 0.319 e. The van der Waals surface area contributed by atoms with Crippen LogP contribution in [0.5, 0.6) is 0 Å². The van der Waals surface area contributed by atoms with Crippen LogP contribution in [0.3, 0.4) is 0 Å². The summed E-state index contributed by atoms with van der Waals surface area (Å²) in [6.07, 6.45) is 0. The number of likely N-dealkylation sites (N-methyl/N-ethyl adjacent to an activating group) is 1. The Kier molecular flexibility index (Phi) is 6.08. The lowest BCUT2D eigenvalue weighted by Gasteiger charge is -2.15. The number of halogens is 2. The molecular formula is C12H14Cl2N2O3. The number of hydrogen-bond acceptors (Lipinski definition) is 4. The first kappa shape index (κ1) is 15.8. The standard InChI is InChI=1S/C12H14Cl2N2O3/c1-16(7-11(18)19-2)6-10(17)15-9-5-3-4-8(13)12(9)14/h3-5H,6-7H2,1-2H3,(H,15,17). The molecule has 0 aliphatic heterocycles. The molecule has 19 heavy (non-hydrogen) atoms. The van der Waals surface area contributed by atoms with Gasteiger partial charge >= 0.3 is 5.97 Å². The summed E-state index contributed by atoms with van der Waals surface area (Å²) < 4.78 is 4.50. The Bertz CT molecular complexity index is 480. The number of benzene rings is 1. The van der Waals surface area contributed by atoms with E-state index in [0.29, 0.717) is 10.7 Å². The van der Waals surface area contributed by atoms with Crippen LogP contribution in [-0.4, -0.2) is 44.0 Å². The van der Waals surface area contributed by atoms with Crippen molar-refractivity contribution in [3.8, 4) is 0 Å². The minimum atomic E-state index is -0.406. The highest BCUT2D eigenvalue weighted by Gasteiger charge is 2.12. The van der Waals surface area contributed by atoms with Crippen molar-refractivity contribution in [3.05, 3.63) is 28.2 Å². The summed E-state index contributed by atoms with van der Waals surface area (Å²) in [4.78, 5) is 24.3. The number of rotatable bonds is 5. The van der Waals surface area contributed by atoms with E-state index >= 15 is 0 Å². The number of amides is 1. The van der Waals surface area contributed by atoms with Crippen molar-refractivity contribution in [1.29, 1.82) is 0 Å². The molecule has 1 N–H and O–H groups in total. The summed E-state index contributed by atoms with van der Waals surface area (Å²) in [6.45, 7) is 0.0745. The zero-order valence-electron chi connectivity index (χ0n) is 10.6. The molecule has 1 aromatic carbocycles. The summed E-state index contributed by atoms with van der Waals surface area (Å²) in [6, 6.07) is 4.96. The maximum absolute atomic E-state index is 11.7. The molecule has 0 saturated carbocycles. The predicted molar refractivity (Wildman–Crippen MR) is 74.6 cm³/mol. The van der Waals surface area contributed by atoms with Gasteiger partial charge in [0, 0.05) is 0 Å². The first-order valence-corrected chi connectivity index (χ1v) is 6.19. The van der Waals surface area contributed by atoms with E-state index in [1.54, 1.807) is 25.2 Å². The topological polar surface area (TPSA) is 58.6 Å². The zero-order valence-corrected chi connectivity index (χ0v) is 12.1. The van der Waals surface area contributed by atoms with E-state index in [4.69, 9.17) is 23.2 Å². The van der Waals surface area contributed by atoms with Gasteiger partial charge in [-0.15, -0.1) is 0 Å². The maximum atomic E-state index is 11.7. The molecule has 0 atom stereocenters. The second-order valence-electron chi connectivity index (χ2n) is 3.90. The predicted octanol–water partition coefficient (Wildman–Crippen LogP) is 2.04. The highest BCUT2D eigenvalue weighted by atomic mass is 35.5. The van der Waals surface area contributed by atoms with Gasteiger partial charge in [-0.3, -0.25) is 14.5 Å². The van der Waals surface area contributed by atoms with Gasteiger partial charge in [-0.1, -0.05) is 29.3 Å². The summed E-state index contributed by atoms with van der Waals surface area (Å²) in [5.74, 6) is -0.702. The molecule has 0 aliphatic carbocycles. The highest BCUT2D eigenvalue weighted by molar-refractivity contribution is 6.43. The lowest BCUT2D eigenvalue weighted by Crippen LogP contribution is -2.34. The van der Waals surface area contributed by atoms with Crippen molar-refractivity contribution < 1.29 is 14.3 Å². The molecule has 104 valence electrons. The quantitative estimate of drug-likeness (QED) is 0.846.